The Kier molecular flexibility index (Phi) is 4.03. The Bertz CT molecular complexity index is 663. The first kappa shape index (κ1) is 15.9. The second-order valence-corrected chi connectivity index (χ2v) is 7.81. The number of aliphatic imine (C=N–C) groups is 1. The monoisotopic (exact) mass is 327 g/mol. The van der Waals surface area contributed by atoms with E-state index < -0.39 is 0 Å². The highest BCUT2D eigenvalue weighted by Crippen LogP contribution is 2.53. The number of benzene rings is 1. The Morgan fingerprint density at radius 3 is 2.79 bits per heavy atom. The fourth-order valence-corrected chi connectivity index (χ4v) is 4.76. The van der Waals surface area contributed by atoms with Crippen LogP contribution in [0.2, 0.25) is 0 Å². The molecule has 2 fully saturated rings. The molecule has 3 aliphatic rings. The molecule has 0 bridgehead atoms. The summed E-state index contributed by atoms with van der Waals surface area (Å²) in [7, 11) is 3.80. The maximum absolute atomic E-state index is 5.77. The van der Waals surface area contributed by atoms with Crippen molar-refractivity contribution >= 4 is 11.5 Å². The van der Waals surface area contributed by atoms with Gasteiger partial charge in [0.05, 0.1) is 18.2 Å². The van der Waals surface area contributed by atoms with Crippen LogP contribution in [0, 0.1) is 5.92 Å². The minimum atomic E-state index is 0.134. The van der Waals surface area contributed by atoms with Crippen LogP contribution in [-0.4, -0.2) is 38.0 Å². The van der Waals surface area contributed by atoms with Gasteiger partial charge in [0, 0.05) is 25.7 Å². The third-order valence-corrected chi connectivity index (χ3v) is 6.18. The largest absolute Gasteiger partial charge is 0.496 e. The number of piperidine rings is 1. The molecule has 1 aliphatic carbocycles. The first-order chi connectivity index (χ1) is 11.7. The predicted molar refractivity (Wildman–Crippen MR) is 98.4 cm³/mol. The number of hydrogen-bond donors (Lipinski definition) is 1. The molecule has 1 spiro atoms. The highest BCUT2D eigenvalue weighted by atomic mass is 16.5. The topological polar surface area (TPSA) is 36.9 Å². The van der Waals surface area contributed by atoms with Crippen LogP contribution in [0.4, 0.5) is 5.69 Å². The maximum Gasteiger partial charge on any atom is 0.123 e. The van der Waals surface area contributed by atoms with E-state index in [-0.39, 0.29) is 5.41 Å². The molecule has 4 heteroatoms. The molecule has 4 rings (SSSR count). The summed E-state index contributed by atoms with van der Waals surface area (Å²) in [5.41, 5.74) is 3.93. The lowest BCUT2D eigenvalue weighted by Gasteiger charge is -2.40. The van der Waals surface area contributed by atoms with Gasteiger partial charge in [-0.2, -0.15) is 0 Å². The first-order valence-corrected chi connectivity index (χ1v) is 9.37. The number of ether oxygens (including phenoxy) is 1. The van der Waals surface area contributed by atoms with Crippen molar-refractivity contribution in [2.24, 2.45) is 10.9 Å². The van der Waals surface area contributed by atoms with Crippen LogP contribution >= 0.6 is 0 Å². The van der Waals surface area contributed by atoms with Gasteiger partial charge < -0.3 is 10.1 Å². The van der Waals surface area contributed by atoms with Gasteiger partial charge in [0.1, 0.15) is 11.6 Å². The quantitative estimate of drug-likeness (QED) is 0.921. The second kappa shape index (κ2) is 6.07. The summed E-state index contributed by atoms with van der Waals surface area (Å²) >= 11 is 0. The molecule has 2 heterocycles. The number of rotatable bonds is 3. The number of fused-ring (bicyclic) bond motifs is 2. The third kappa shape index (κ3) is 2.43. The van der Waals surface area contributed by atoms with Gasteiger partial charge in [-0.05, 0) is 55.8 Å². The molecule has 24 heavy (non-hydrogen) atoms. The van der Waals surface area contributed by atoms with E-state index in [0.29, 0.717) is 0 Å². The molecule has 1 atom stereocenters. The molecule has 1 saturated heterocycles. The number of nitrogens with one attached hydrogen (secondary N) is 1. The second-order valence-electron chi connectivity index (χ2n) is 7.81. The Labute approximate surface area is 145 Å². The lowest BCUT2D eigenvalue weighted by molar-refractivity contribution is 0.175. The van der Waals surface area contributed by atoms with Crippen LogP contribution < -0.4 is 10.1 Å². The Hall–Kier alpha value is -1.55. The maximum atomic E-state index is 5.77. The minimum absolute atomic E-state index is 0.134. The van der Waals surface area contributed by atoms with Gasteiger partial charge in [-0.3, -0.25) is 4.90 Å². The molecule has 1 N–H and O–H groups in total. The van der Waals surface area contributed by atoms with Crippen molar-refractivity contribution in [2.45, 2.75) is 51.0 Å². The summed E-state index contributed by atoms with van der Waals surface area (Å²) in [6.07, 6.45) is 6.35. The number of nitrogens with zero attached hydrogens (tertiary/aromatic N) is 2. The predicted octanol–water partition coefficient (Wildman–Crippen LogP) is 3.61. The van der Waals surface area contributed by atoms with Crippen LogP contribution in [0.25, 0.3) is 0 Å². The zero-order valence-corrected chi connectivity index (χ0v) is 15.2. The standard InChI is InChI=1S/C20H29N3O/c1-14-6-4-9-23(12-14)13-15-10-17-16(11-18(15)24-3)20(7-5-8-20)19(21-2)22-17/h10-11,14H,4-9,12-13H2,1-3H3,(H,21,22)/t14-/m0/s1. The molecule has 2 aliphatic heterocycles. The Balaban J connectivity index is 1.66. The molecule has 0 amide bonds. The highest BCUT2D eigenvalue weighted by Gasteiger charge is 2.48. The van der Waals surface area contributed by atoms with Crippen LogP contribution in [0.3, 0.4) is 0 Å². The molecule has 0 aromatic heterocycles. The van der Waals surface area contributed by atoms with E-state index in [9.17, 15) is 0 Å². The van der Waals surface area contributed by atoms with Crippen LogP contribution in [0.15, 0.2) is 17.1 Å². The van der Waals surface area contributed by atoms with Gasteiger partial charge in [0.2, 0.25) is 0 Å². The Morgan fingerprint density at radius 2 is 2.17 bits per heavy atom. The molecular weight excluding hydrogens is 298 g/mol. The molecule has 1 saturated carbocycles. The Morgan fingerprint density at radius 1 is 1.33 bits per heavy atom. The van der Waals surface area contributed by atoms with Gasteiger partial charge >= 0.3 is 0 Å². The van der Waals surface area contributed by atoms with Crippen molar-refractivity contribution in [3.63, 3.8) is 0 Å². The summed E-state index contributed by atoms with van der Waals surface area (Å²) < 4.78 is 5.77. The molecule has 130 valence electrons. The lowest BCUT2D eigenvalue weighted by Crippen LogP contribution is -2.45. The number of methoxy groups -OCH3 is 1. The molecular formula is C20H29N3O. The zero-order valence-electron chi connectivity index (χ0n) is 15.2. The van der Waals surface area contributed by atoms with Gasteiger partial charge in [-0.25, -0.2) is 4.99 Å². The van der Waals surface area contributed by atoms with E-state index in [2.05, 4.69) is 29.3 Å². The molecule has 0 radical (unpaired) electrons. The average Bonchev–Trinajstić information content (AvgIpc) is 2.87. The van der Waals surface area contributed by atoms with E-state index in [0.717, 1.165) is 29.7 Å². The summed E-state index contributed by atoms with van der Waals surface area (Å²) in [5.74, 6) is 2.98. The SMILES string of the molecule is CNC1=Nc2cc(CN3CCC[C@H](C)C3)c(OC)cc2C12CCC2. The lowest BCUT2D eigenvalue weighted by atomic mass is 9.64. The normalized spacial score (nSPS) is 25.1. The zero-order chi connectivity index (χ0) is 16.7. The van der Waals surface area contributed by atoms with Crippen molar-refractivity contribution in [1.29, 1.82) is 0 Å². The van der Waals surface area contributed by atoms with E-state index in [1.54, 1.807) is 7.11 Å². The fourth-order valence-electron chi connectivity index (χ4n) is 4.76. The third-order valence-electron chi connectivity index (χ3n) is 6.18. The van der Waals surface area contributed by atoms with Crippen LogP contribution in [0.5, 0.6) is 5.75 Å². The van der Waals surface area contributed by atoms with Gasteiger partial charge in [0.15, 0.2) is 0 Å². The number of likely N-dealkylation sites (N-methyl/N-ethyl adjacent to an activating group) is 1. The smallest absolute Gasteiger partial charge is 0.123 e. The first-order valence-electron chi connectivity index (χ1n) is 9.37. The number of amidine groups is 1. The summed E-state index contributed by atoms with van der Waals surface area (Å²) in [4.78, 5) is 7.49. The summed E-state index contributed by atoms with van der Waals surface area (Å²) in [5, 5.41) is 3.35. The highest BCUT2D eigenvalue weighted by molar-refractivity contribution is 6.01. The van der Waals surface area contributed by atoms with Crippen molar-refractivity contribution in [3.05, 3.63) is 23.3 Å². The van der Waals surface area contributed by atoms with Crippen LogP contribution in [-0.2, 0) is 12.0 Å². The van der Waals surface area contributed by atoms with Crippen molar-refractivity contribution in [1.82, 2.24) is 10.2 Å². The van der Waals surface area contributed by atoms with Crippen molar-refractivity contribution in [2.75, 3.05) is 27.2 Å². The molecule has 1 aromatic carbocycles. The minimum Gasteiger partial charge on any atom is -0.496 e. The van der Waals surface area contributed by atoms with E-state index in [1.165, 1.54) is 56.3 Å². The van der Waals surface area contributed by atoms with Gasteiger partial charge in [-0.15, -0.1) is 0 Å². The molecule has 4 nitrogen and oxygen atoms in total. The summed E-state index contributed by atoms with van der Waals surface area (Å²) in [6.45, 7) is 5.71. The summed E-state index contributed by atoms with van der Waals surface area (Å²) in [6, 6.07) is 4.54. The van der Waals surface area contributed by atoms with Crippen molar-refractivity contribution < 1.29 is 4.74 Å². The van der Waals surface area contributed by atoms with E-state index in [4.69, 9.17) is 9.73 Å². The van der Waals surface area contributed by atoms with Crippen molar-refractivity contribution in [3.8, 4) is 5.75 Å². The molecule has 0 unspecified atom stereocenters. The van der Waals surface area contributed by atoms with Gasteiger partial charge in [0.25, 0.3) is 0 Å². The van der Waals surface area contributed by atoms with Crippen LogP contribution in [0.1, 0.15) is 50.2 Å². The fraction of sp³-hybridized carbons (Fsp3) is 0.650. The van der Waals surface area contributed by atoms with E-state index >= 15 is 0 Å². The van der Waals surface area contributed by atoms with E-state index in [1.807, 2.05) is 7.05 Å². The number of hydrogen-bond acceptors (Lipinski definition) is 4. The molecule has 1 aromatic rings. The van der Waals surface area contributed by atoms with Gasteiger partial charge in [-0.1, -0.05) is 13.3 Å². The average molecular weight is 327 g/mol. The number of likely N-dealkylation sites (tertiary alicyclic amines) is 1.